The second kappa shape index (κ2) is 6.16. The molecular formula is C8H16O3. The lowest BCUT2D eigenvalue weighted by Crippen LogP contribution is -2.19. The highest BCUT2D eigenvalue weighted by atomic mass is 16.5. The molecule has 0 heterocycles. The number of ether oxygens (including phenoxy) is 1. The van der Waals surface area contributed by atoms with Crippen LogP contribution in [0.2, 0.25) is 0 Å². The summed E-state index contributed by atoms with van der Waals surface area (Å²) in [6.07, 6.45) is 2.72. The summed E-state index contributed by atoms with van der Waals surface area (Å²) in [5.41, 5.74) is 0. The van der Waals surface area contributed by atoms with Crippen molar-refractivity contribution in [2.45, 2.75) is 26.2 Å². The largest absolute Gasteiger partial charge is 0.469 e. The lowest BCUT2D eigenvalue weighted by Gasteiger charge is -2.09. The van der Waals surface area contributed by atoms with Crippen molar-refractivity contribution in [3.8, 4) is 0 Å². The van der Waals surface area contributed by atoms with E-state index in [0.29, 0.717) is 0 Å². The average molecular weight is 160 g/mol. The van der Waals surface area contributed by atoms with E-state index in [1.54, 1.807) is 0 Å². The number of aliphatic hydroxyl groups is 1. The Balaban J connectivity index is 3.65. The highest BCUT2D eigenvalue weighted by Crippen LogP contribution is 2.08. The molecule has 0 aromatic carbocycles. The molecule has 0 saturated heterocycles. The molecule has 66 valence electrons. The Morgan fingerprint density at radius 3 is 2.64 bits per heavy atom. The van der Waals surface area contributed by atoms with Crippen LogP contribution in [0.25, 0.3) is 0 Å². The Bertz CT molecular complexity index is 112. The first kappa shape index (κ1) is 10.4. The molecule has 0 aliphatic carbocycles. The number of methoxy groups -OCH3 is 1. The number of hydrogen-bond acceptors (Lipinski definition) is 3. The first-order valence-electron chi connectivity index (χ1n) is 3.95. The molecule has 0 rings (SSSR count). The second-order valence-electron chi connectivity index (χ2n) is 2.54. The van der Waals surface area contributed by atoms with E-state index in [4.69, 9.17) is 5.11 Å². The van der Waals surface area contributed by atoms with Gasteiger partial charge in [0.2, 0.25) is 0 Å². The van der Waals surface area contributed by atoms with E-state index in [9.17, 15) is 4.79 Å². The van der Waals surface area contributed by atoms with Gasteiger partial charge in [0, 0.05) is 0 Å². The summed E-state index contributed by atoms with van der Waals surface area (Å²) in [6.45, 7) is 1.94. The second-order valence-corrected chi connectivity index (χ2v) is 2.54. The van der Waals surface area contributed by atoms with Crippen molar-refractivity contribution in [2.75, 3.05) is 13.7 Å². The van der Waals surface area contributed by atoms with E-state index >= 15 is 0 Å². The molecule has 0 unspecified atom stereocenters. The van der Waals surface area contributed by atoms with Crippen molar-refractivity contribution in [1.29, 1.82) is 0 Å². The summed E-state index contributed by atoms with van der Waals surface area (Å²) in [4.78, 5) is 10.9. The van der Waals surface area contributed by atoms with E-state index in [1.165, 1.54) is 7.11 Å². The zero-order chi connectivity index (χ0) is 8.69. The number of carbonyl (C=O) groups is 1. The molecular weight excluding hydrogens is 144 g/mol. The SMILES string of the molecule is CCCC[C@@H](CO)C(=O)OC. The van der Waals surface area contributed by atoms with Crippen molar-refractivity contribution in [1.82, 2.24) is 0 Å². The van der Waals surface area contributed by atoms with Crippen LogP contribution < -0.4 is 0 Å². The molecule has 0 radical (unpaired) electrons. The molecule has 3 nitrogen and oxygen atoms in total. The van der Waals surface area contributed by atoms with Crippen LogP contribution >= 0.6 is 0 Å². The number of hydrogen-bond donors (Lipinski definition) is 1. The van der Waals surface area contributed by atoms with Gasteiger partial charge in [0.25, 0.3) is 0 Å². The zero-order valence-corrected chi connectivity index (χ0v) is 7.17. The van der Waals surface area contributed by atoms with E-state index in [1.807, 2.05) is 6.92 Å². The molecule has 0 amide bonds. The van der Waals surface area contributed by atoms with E-state index in [0.717, 1.165) is 19.3 Å². The summed E-state index contributed by atoms with van der Waals surface area (Å²) in [5, 5.41) is 8.75. The molecule has 11 heavy (non-hydrogen) atoms. The van der Waals surface area contributed by atoms with Gasteiger partial charge in [-0.15, -0.1) is 0 Å². The minimum atomic E-state index is -0.319. The normalized spacial score (nSPS) is 12.6. The van der Waals surface area contributed by atoms with Crippen molar-refractivity contribution in [2.24, 2.45) is 5.92 Å². The van der Waals surface area contributed by atoms with Crippen LogP contribution in [-0.2, 0) is 9.53 Å². The minimum absolute atomic E-state index is 0.104. The average Bonchev–Trinajstić information content (AvgIpc) is 2.05. The molecule has 1 N–H and O–H groups in total. The van der Waals surface area contributed by atoms with Gasteiger partial charge in [-0.3, -0.25) is 4.79 Å². The van der Waals surface area contributed by atoms with Gasteiger partial charge in [-0.25, -0.2) is 0 Å². The third-order valence-corrected chi connectivity index (χ3v) is 1.66. The zero-order valence-electron chi connectivity index (χ0n) is 7.17. The van der Waals surface area contributed by atoms with Crippen LogP contribution in [0, 0.1) is 5.92 Å². The minimum Gasteiger partial charge on any atom is -0.469 e. The summed E-state index contributed by atoms with van der Waals surface area (Å²) in [5.74, 6) is -0.624. The fourth-order valence-electron chi connectivity index (χ4n) is 0.901. The van der Waals surface area contributed by atoms with Gasteiger partial charge >= 0.3 is 5.97 Å². The lowest BCUT2D eigenvalue weighted by molar-refractivity contribution is -0.147. The number of carbonyl (C=O) groups excluding carboxylic acids is 1. The standard InChI is InChI=1S/C8H16O3/c1-3-4-5-7(6-9)8(10)11-2/h7,9H,3-6H2,1-2H3/t7-/m0/s1. The van der Waals surface area contributed by atoms with Crippen LogP contribution in [0.3, 0.4) is 0 Å². The van der Waals surface area contributed by atoms with Crippen molar-refractivity contribution in [3.05, 3.63) is 0 Å². The fraction of sp³-hybridized carbons (Fsp3) is 0.875. The van der Waals surface area contributed by atoms with E-state index < -0.39 is 0 Å². The predicted octanol–water partition coefficient (Wildman–Crippen LogP) is 0.958. The highest BCUT2D eigenvalue weighted by molar-refractivity contribution is 5.72. The first-order chi connectivity index (χ1) is 5.26. The third-order valence-electron chi connectivity index (χ3n) is 1.66. The van der Waals surface area contributed by atoms with E-state index in [-0.39, 0.29) is 18.5 Å². The fourth-order valence-corrected chi connectivity index (χ4v) is 0.901. The Kier molecular flexibility index (Phi) is 5.84. The Morgan fingerprint density at radius 1 is 1.64 bits per heavy atom. The summed E-state index contributed by atoms with van der Waals surface area (Å²) >= 11 is 0. The lowest BCUT2D eigenvalue weighted by atomic mass is 10.0. The first-order valence-corrected chi connectivity index (χ1v) is 3.95. The Labute approximate surface area is 67.4 Å². The van der Waals surface area contributed by atoms with Gasteiger partial charge < -0.3 is 9.84 Å². The molecule has 0 bridgehead atoms. The molecule has 0 aromatic rings. The van der Waals surface area contributed by atoms with Gasteiger partial charge in [-0.2, -0.15) is 0 Å². The van der Waals surface area contributed by atoms with Crippen LogP contribution in [0.1, 0.15) is 26.2 Å². The maximum Gasteiger partial charge on any atom is 0.310 e. The summed E-state index contributed by atoms with van der Waals surface area (Å²) in [7, 11) is 1.34. The molecule has 0 aliphatic heterocycles. The molecule has 0 aromatic heterocycles. The van der Waals surface area contributed by atoms with Gasteiger partial charge in [0.15, 0.2) is 0 Å². The van der Waals surface area contributed by atoms with Crippen LogP contribution in [-0.4, -0.2) is 24.8 Å². The van der Waals surface area contributed by atoms with Crippen molar-refractivity contribution in [3.63, 3.8) is 0 Å². The predicted molar refractivity (Wildman–Crippen MR) is 42.1 cm³/mol. The molecule has 0 spiro atoms. The number of unbranched alkanes of at least 4 members (excludes halogenated alkanes) is 1. The topological polar surface area (TPSA) is 46.5 Å². The van der Waals surface area contributed by atoms with Gasteiger partial charge in [-0.05, 0) is 6.42 Å². The number of aliphatic hydroxyl groups excluding tert-OH is 1. The van der Waals surface area contributed by atoms with Gasteiger partial charge in [-0.1, -0.05) is 19.8 Å². The van der Waals surface area contributed by atoms with Crippen molar-refractivity contribution >= 4 is 5.97 Å². The Hall–Kier alpha value is -0.570. The Morgan fingerprint density at radius 2 is 2.27 bits per heavy atom. The molecule has 0 saturated carbocycles. The maximum atomic E-state index is 10.9. The van der Waals surface area contributed by atoms with Crippen molar-refractivity contribution < 1.29 is 14.6 Å². The third kappa shape index (κ3) is 3.98. The molecule has 0 fully saturated rings. The monoisotopic (exact) mass is 160 g/mol. The van der Waals surface area contributed by atoms with E-state index in [2.05, 4.69) is 4.74 Å². The summed E-state index contributed by atoms with van der Waals surface area (Å²) < 4.78 is 4.50. The highest BCUT2D eigenvalue weighted by Gasteiger charge is 2.16. The molecule has 0 aliphatic rings. The maximum absolute atomic E-state index is 10.9. The van der Waals surface area contributed by atoms with Crippen LogP contribution in [0.5, 0.6) is 0 Å². The van der Waals surface area contributed by atoms with Crippen LogP contribution in [0.15, 0.2) is 0 Å². The van der Waals surface area contributed by atoms with Crippen LogP contribution in [0.4, 0.5) is 0 Å². The molecule has 1 atom stereocenters. The molecule has 3 heteroatoms. The summed E-state index contributed by atoms with van der Waals surface area (Å²) in [6, 6.07) is 0. The van der Waals surface area contributed by atoms with Gasteiger partial charge in [0.1, 0.15) is 0 Å². The van der Waals surface area contributed by atoms with Gasteiger partial charge in [0.05, 0.1) is 19.6 Å². The number of rotatable bonds is 5. The smallest absolute Gasteiger partial charge is 0.310 e. The quantitative estimate of drug-likeness (QED) is 0.609. The number of esters is 1.